The Morgan fingerprint density at radius 3 is 2.67 bits per heavy atom. The van der Waals surface area contributed by atoms with E-state index in [0.29, 0.717) is 24.7 Å². The lowest BCUT2D eigenvalue weighted by atomic mass is 10.1. The van der Waals surface area contributed by atoms with Gasteiger partial charge in [0.2, 0.25) is 5.91 Å². The van der Waals surface area contributed by atoms with E-state index in [1.54, 1.807) is 0 Å². The number of amides is 1. The summed E-state index contributed by atoms with van der Waals surface area (Å²) in [7, 11) is 0. The predicted octanol–water partition coefficient (Wildman–Crippen LogP) is 4.44. The molecule has 2 aromatic carbocycles. The number of hydrogen-bond acceptors (Lipinski definition) is 4. The Bertz CT molecular complexity index is 975. The average Bonchev–Trinajstić information content (AvgIpc) is 3.31. The third kappa shape index (κ3) is 3.37. The van der Waals surface area contributed by atoms with Crippen LogP contribution in [0.1, 0.15) is 41.8 Å². The van der Waals surface area contributed by atoms with Crippen LogP contribution in [0.5, 0.6) is 0 Å². The van der Waals surface area contributed by atoms with Gasteiger partial charge in [-0.25, -0.2) is 0 Å². The van der Waals surface area contributed by atoms with Gasteiger partial charge in [0.25, 0.3) is 5.89 Å². The molecule has 4 rings (SSSR count). The Morgan fingerprint density at radius 1 is 1.15 bits per heavy atom. The zero-order chi connectivity index (χ0) is 19.0. The van der Waals surface area contributed by atoms with Gasteiger partial charge < -0.3 is 9.42 Å². The highest BCUT2D eigenvalue weighted by Gasteiger charge is 2.35. The minimum Gasteiger partial charge on any atom is -0.334 e. The predicted molar refractivity (Wildman–Crippen MR) is 105 cm³/mol. The molecule has 3 aromatic rings. The molecule has 138 valence electrons. The maximum atomic E-state index is 12.6. The summed E-state index contributed by atoms with van der Waals surface area (Å²) in [6, 6.07) is 14.3. The van der Waals surface area contributed by atoms with Crippen molar-refractivity contribution < 1.29 is 9.32 Å². The van der Waals surface area contributed by atoms with Crippen LogP contribution >= 0.6 is 0 Å². The third-order valence-corrected chi connectivity index (χ3v) is 5.20. The smallest absolute Gasteiger partial charge is 0.257 e. The number of anilines is 1. The fraction of sp³-hybridized carbons (Fsp3) is 0.318. The maximum absolute atomic E-state index is 12.6. The number of hydrogen-bond donors (Lipinski definition) is 0. The second kappa shape index (κ2) is 6.99. The van der Waals surface area contributed by atoms with Gasteiger partial charge in [0.15, 0.2) is 5.82 Å². The van der Waals surface area contributed by atoms with E-state index in [-0.39, 0.29) is 11.8 Å². The first-order valence-electron chi connectivity index (χ1n) is 9.35. The molecule has 1 atom stereocenters. The molecule has 1 aliphatic rings. The van der Waals surface area contributed by atoms with E-state index in [1.165, 1.54) is 5.56 Å². The van der Waals surface area contributed by atoms with Gasteiger partial charge in [-0.1, -0.05) is 36.3 Å². The number of nitrogens with zero attached hydrogens (tertiary/aromatic N) is 3. The molecule has 2 heterocycles. The van der Waals surface area contributed by atoms with E-state index in [2.05, 4.69) is 47.4 Å². The van der Waals surface area contributed by atoms with Gasteiger partial charge in [-0.3, -0.25) is 4.79 Å². The quantitative estimate of drug-likeness (QED) is 0.689. The first kappa shape index (κ1) is 17.5. The Balaban J connectivity index is 1.56. The van der Waals surface area contributed by atoms with Crippen molar-refractivity contribution in [3.8, 4) is 11.5 Å². The normalized spacial score (nSPS) is 16.9. The van der Waals surface area contributed by atoms with Crippen LogP contribution in [0.25, 0.3) is 11.5 Å². The van der Waals surface area contributed by atoms with Crippen LogP contribution in [-0.4, -0.2) is 22.6 Å². The van der Waals surface area contributed by atoms with Crippen molar-refractivity contribution in [2.24, 2.45) is 0 Å². The van der Waals surface area contributed by atoms with Crippen LogP contribution in [0.3, 0.4) is 0 Å². The van der Waals surface area contributed by atoms with Gasteiger partial charge in [0.1, 0.15) is 0 Å². The molecule has 1 aromatic heterocycles. The zero-order valence-corrected chi connectivity index (χ0v) is 15.9. The maximum Gasteiger partial charge on any atom is 0.257 e. The minimum atomic E-state index is -0.0511. The lowest BCUT2D eigenvalue weighted by molar-refractivity contribution is -0.117. The third-order valence-electron chi connectivity index (χ3n) is 5.20. The monoisotopic (exact) mass is 361 g/mol. The van der Waals surface area contributed by atoms with Gasteiger partial charge in [-0.05, 0) is 55.2 Å². The van der Waals surface area contributed by atoms with Crippen molar-refractivity contribution in [3.63, 3.8) is 0 Å². The molecule has 27 heavy (non-hydrogen) atoms. The van der Waals surface area contributed by atoms with Crippen molar-refractivity contribution in [3.05, 3.63) is 65.0 Å². The molecular weight excluding hydrogens is 338 g/mol. The average molecular weight is 361 g/mol. The second-order valence-electron chi connectivity index (χ2n) is 7.20. The summed E-state index contributed by atoms with van der Waals surface area (Å²) < 4.78 is 5.46. The fourth-order valence-electron chi connectivity index (χ4n) is 3.52. The van der Waals surface area contributed by atoms with Crippen molar-refractivity contribution in [1.82, 2.24) is 10.1 Å². The van der Waals surface area contributed by atoms with Gasteiger partial charge in [-0.15, -0.1) is 0 Å². The standard InChI is InChI=1S/C22H23N3O2/c1-4-16-7-9-17(10-8-16)22-23-21(24-27-22)18-12-20(26)25(13-18)19-11-14(2)5-6-15(19)3/h5-11,18H,4,12-13H2,1-3H3. The molecule has 1 fully saturated rings. The van der Waals surface area contributed by atoms with Gasteiger partial charge in [0, 0.05) is 30.1 Å². The van der Waals surface area contributed by atoms with Crippen LogP contribution in [0.15, 0.2) is 47.0 Å². The molecule has 0 aliphatic carbocycles. The summed E-state index contributed by atoms with van der Waals surface area (Å²) in [5, 5.41) is 4.15. The molecule has 0 spiro atoms. The molecule has 1 saturated heterocycles. The molecule has 0 saturated carbocycles. The zero-order valence-electron chi connectivity index (χ0n) is 15.9. The molecule has 5 heteroatoms. The van der Waals surface area contributed by atoms with E-state index in [4.69, 9.17) is 4.52 Å². The number of carbonyl (C=O) groups is 1. The molecule has 1 unspecified atom stereocenters. The van der Waals surface area contributed by atoms with E-state index in [0.717, 1.165) is 28.8 Å². The Hall–Kier alpha value is -2.95. The van der Waals surface area contributed by atoms with Gasteiger partial charge in [-0.2, -0.15) is 4.98 Å². The van der Waals surface area contributed by atoms with Crippen molar-refractivity contribution in [1.29, 1.82) is 0 Å². The largest absolute Gasteiger partial charge is 0.334 e. The van der Waals surface area contributed by atoms with Crippen molar-refractivity contribution in [2.45, 2.75) is 39.5 Å². The lowest BCUT2D eigenvalue weighted by Crippen LogP contribution is -2.25. The Labute approximate surface area is 159 Å². The number of rotatable bonds is 4. The van der Waals surface area contributed by atoms with Gasteiger partial charge in [0.05, 0.1) is 0 Å². The number of aromatic nitrogens is 2. The molecular formula is C22H23N3O2. The Kier molecular flexibility index (Phi) is 4.52. The second-order valence-corrected chi connectivity index (χ2v) is 7.20. The van der Waals surface area contributed by atoms with Crippen molar-refractivity contribution in [2.75, 3.05) is 11.4 Å². The molecule has 5 nitrogen and oxygen atoms in total. The summed E-state index contributed by atoms with van der Waals surface area (Å²) in [4.78, 5) is 19.0. The minimum absolute atomic E-state index is 0.0511. The van der Waals surface area contributed by atoms with Crippen LogP contribution < -0.4 is 4.90 Å². The summed E-state index contributed by atoms with van der Waals surface area (Å²) >= 11 is 0. The highest BCUT2D eigenvalue weighted by Crippen LogP contribution is 2.33. The van der Waals surface area contributed by atoms with E-state index in [9.17, 15) is 4.79 Å². The van der Waals surface area contributed by atoms with Crippen LogP contribution in [0, 0.1) is 13.8 Å². The first-order chi connectivity index (χ1) is 13.0. The fourth-order valence-corrected chi connectivity index (χ4v) is 3.52. The van der Waals surface area contributed by atoms with Crippen LogP contribution in [-0.2, 0) is 11.2 Å². The van der Waals surface area contributed by atoms with E-state index >= 15 is 0 Å². The highest BCUT2D eigenvalue weighted by molar-refractivity contribution is 5.97. The summed E-state index contributed by atoms with van der Waals surface area (Å²) in [6.07, 6.45) is 1.40. The number of carbonyl (C=O) groups excluding carboxylic acids is 1. The molecule has 0 radical (unpaired) electrons. The SMILES string of the molecule is CCc1ccc(-c2nc(C3CC(=O)N(c4cc(C)ccc4C)C3)no2)cc1. The molecule has 1 amide bonds. The first-order valence-corrected chi connectivity index (χ1v) is 9.35. The number of benzene rings is 2. The Morgan fingerprint density at radius 2 is 1.93 bits per heavy atom. The summed E-state index contributed by atoms with van der Waals surface area (Å²) in [5.41, 5.74) is 5.38. The molecule has 1 aliphatic heterocycles. The molecule has 0 N–H and O–H groups in total. The van der Waals surface area contributed by atoms with E-state index in [1.807, 2.05) is 30.9 Å². The van der Waals surface area contributed by atoms with Crippen molar-refractivity contribution >= 4 is 11.6 Å². The summed E-state index contributed by atoms with van der Waals surface area (Å²) in [5.74, 6) is 1.16. The van der Waals surface area contributed by atoms with E-state index < -0.39 is 0 Å². The van der Waals surface area contributed by atoms with Crippen LogP contribution in [0.2, 0.25) is 0 Å². The number of aryl methyl sites for hydroxylation is 3. The van der Waals surface area contributed by atoms with Crippen LogP contribution in [0.4, 0.5) is 5.69 Å². The molecule has 0 bridgehead atoms. The van der Waals surface area contributed by atoms with Gasteiger partial charge >= 0.3 is 0 Å². The highest BCUT2D eigenvalue weighted by atomic mass is 16.5. The summed E-state index contributed by atoms with van der Waals surface area (Å²) in [6.45, 7) is 6.77. The topological polar surface area (TPSA) is 59.2 Å². The lowest BCUT2D eigenvalue weighted by Gasteiger charge is -2.19.